The fourth-order valence-electron chi connectivity index (χ4n) is 7.57. The first-order valence-electron chi connectivity index (χ1n) is 14.4. The van der Waals surface area contributed by atoms with Crippen LogP contribution < -0.4 is 5.32 Å². The number of para-hydroxylation sites is 1. The highest BCUT2D eigenvalue weighted by Gasteiger charge is 2.51. The van der Waals surface area contributed by atoms with E-state index in [1.165, 1.54) is 47.0 Å². The van der Waals surface area contributed by atoms with E-state index in [4.69, 9.17) is 4.74 Å². The van der Waals surface area contributed by atoms with E-state index in [0.29, 0.717) is 25.2 Å². The molecule has 1 aromatic heterocycles. The number of nitrogens with zero attached hydrogens (tertiary/aromatic N) is 2. The number of benzene rings is 2. The summed E-state index contributed by atoms with van der Waals surface area (Å²) < 4.78 is 5.50. The molecule has 0 spiro atoms. The molecule has 2 bridgehead atoms. The predicted molar refractivity (Wildman–Crippen MR) is 151 cm³/mol. The van der Waals surface area contributed by atoms with Crippen molar-refractivity contribution in [1.29, 1.82) is 0 Å². The molecule has 3 aromatic rings. The Balaban J connectivity index is 1.13. The van der Waals surface area contributed by atoms with Crippen LogP contribution in [0.2, 0.25) is 0 Å². The van der Waals surface area contributed by atoms with Gasteiger partial charge in [-0.2, -0.15) is 0 Å². The van der Waals surface area contributed by atoms with Crippen molar-refractivity contribution in [2.24, 2.45) is 11.8 Å². The van der Waals surface area contributed by atoms with Gasteiger partial charge in [0.2, 0.25) is 0 Å². The maximum absolute atomic E-state index is 12.3. The monoisotopic (exact) mass is 512 g/mol. The van der Waals surface area contributed by atoms with Gasteiger partial charge in [0.15, 0.2) is 0 Å². The summed E-state index contributed by atoms with van der Waals surface area (Å²) >= 11 is 0. The number of hydrogen-bond acceptors (Lipinski definition) is 4. The van der Waals surface area contributed by atoms with Crippen LogP contribution in [-0.4, -0.2) is 57.7 Å². The Kier molecular flexibility index (Phi) is 5.56. The van der Waals surface area contributed by atoms with E-state index in [1.54, 1.807) is 4.90 Å². The topological polar surface area (TPSA) is 60.6 Å². The number of likely N-dealkylation sites (tertiary alicyclic amines) is 1. The van der Waals surface area contributed by atoms with Crippen molar-refractivity contribution in [3.8, 4) is 0 Å². The summed E-state index contributed by atoms with van der Waals surface area (Å²) in [5, 5.41) is 5.00. The second-order valence-electron chi connectivity index (χ2n) is 13.2. The molecule has 2 N–H and O–H groups in total. The first-order valence-corrected chi connectivity index (χ1v) is 14.4. The smallest absolute Gasteiger partial charge is 0.410 e. The second kappa shape index (κ2) is 8.77. The van der Waals surface area contributed by atoms with Gasteiger partial charge >= 0.3 is 6.09 Å². The number of aromatic amines is 1. The largest absolute Gasteiger partial charge is 0.444 e. The minimum atomic E-state index is -0.459. The SMILES string of the molecule is C[C@@H]1Cc2c([nH]c3ccccc23)[C@@H](c2ccc(NC3CN(C(=O)OC(C)(C)C)C3)cc2)N1C1CC2CC1C2. The maximum Gasteiger partial charge on any atom is 0.410 e. The van der Waals surface area contributed by atoms with E-state index < -0.39 is 5.60 Å². The van der Waals surface area contributed by atoms with Crippen molar-refractivity contribution < 1.29 is 9.53 Å². The van der Waals surface area contributed by atoms with Crippen LogP contribution in [0, 0.1) is 11.8 Å². The summed E-state index contributed by atoms with van der Waals surface area (Å²) in [6, 6.07) is 19.6. The third kappa shape index (κ3) is 4.08. The molecule has 3 heterocycles. The molecule has 3 saturated carbocycles. The van der Waals surface area contributed by atoms with Crippen LogP contribution >= 0.6 is 0 Å². The summed E-state index contributed by atoms with van der Waals surface area (Å²) in [5.74, 6) is 1.81. The van der Waals surface area contributed by atoms with Crippen molar-refractivity contribution in [1.82, 2.24) is 14.8 Å². The van der Waals surface area contributed by atoms with E-state index in [9.17, 15) is 4.79 Å². The lowest BCUT2D eigenvalue weighted by molar-refractivity contribution is 0.0105. The zero-order chi connectivity index (χ0) is 26.2. The summed E-state index contributed by atoms with van der Waals surface area (Å²) in [6.07, 6.45) is 5.09. The number of carbonyl (C=O) groups excluding carboxylic acids is 1. The van der Waals surface area contributed by atoms with Crippen LogP contribution in [0.25, 0.3) is 10.9 Å². The number of H-pyrrole nitrogens is 1. The molecule has 0 radical (unpaired) electrons. The molecule has 1 unspecified atom stereocenters. The quantitative estimate of drug-likeness (QED) is 0.429. The van der Waals surface area contributed by atoms with Gasteiger partial charge in [-0.05, 0) is 94.5 Å². The zero-order valence-corrected chi connectivity index (χ0v) is 23.0. The van der Waals surface area contributed by atoms with Crippen LogP contribution in [0.5, 0.6) is 0 Å². The molecule has 1 amide bonds. The van der Waals surface area contributed by atoms with Crippen molar-refractivity contribution >= 4 is 22.7 Å². The molecule has 6 heteroatoms. The second-order valence-corrected chi connectivity index (χ2v) is 13.2. The molecule has 2 aliphatic heterocycles. The first kappa shape index (κ1) is 24.1. The van der Waals surface area contributed by atoms with E-state index >= 15 is 0 Å². The Labute approximate surface area is 225 Å². The molecule has 5 aliphatic rings. The lowest BCUT2D eigenvalue weighted by atomic mass is 9.82. The Morgan fingerprint density at radius 2 is 1.76 bits per heavy atom. The molecule has 2 aromatic carbocycles. The molecule has 4 fully saturated rings. The normalized spacial score (nSPS) is 29.1. The highest BCUT2D eigenvalue weighted by Crippen LogP contribution is 2.54. The number of nitrogens with one attached hydrogen (secondary N) is 2. The van der Waals surface area contributed by atoms with Crippen LogP contribution in [0.15, 0.2) is 48.5 Å². The Morgan fingerprint density at radius 1 is 1.03 bits per heavy atom. The van der Waals surface area contributed by atoms with E-state index in [2.05, 4.69) is 70.7 Å². The third-order valence-electron chi connectivity index (χ3n) is 9.33. The van der Waals surface area contributed by atoms with Gasteiger partial charge < -0.3 is 19.9 Å². The van der Waals surface area contributed by atoms with Crippen molar-refractivity contribution in [3.63, 3.8) is 0 Å². The highest BCUT2D eigenvalue weighted by molar-refractivity contribution is 5.85. The van der Waals surface area contributed by atoms with Crippen LogP contribution in [0.3, 0.4) is 0 Å². The van der Waals surface area contributed by atoms with Gasteiger partial charge in [-0.15, -0.1) is 0 Å². The number of carbonyl (C=O) groups is 1. The molecule has 3 aliphatic carbocycles. The average molecular weight is 513 g/mol. The fourth-order valence-corrected chi connectivity index (χ4v) is 7.57. The number of aromatic nitrogens is 1. The van der Waals surface area contributed by atoms with Crippen LogP contribution in [-0.2, 0) is 11.2 Å². The van der Waals surface area contributed by atoms with E-state index in [0.717, 1.165) is 23.9 Å². The lowest BCUT2D eigenvalue weighted by Crippen LogP contribution is -2.57. The molecular formula is C32H40N4O2. The number of anilines is 1. The molecule has 3 atom stereocenters. The minimum Gasteiger partial charge on any atom is -0.444 e. The van der Waals surface area contributed by atoms with Gasteiger partial charge in [0, 0.05) is 47.5 Å². The van der Waals surface area contributed by atoms with Crippen molar-refractivity contribution in [2.45, 2.75) is 83.1 Å². The molecule has 6 nitrogen and oxygen atoms in total. The maximum atomic E-state index is 12.3. The summed E-state index contributed by atoms with van der Waals surface area (Å²) in [7, 11) is 0. The fraction of sp³-hybridized carbons (Fsp3) is 0.531. The molecule has 38 heavy (non-hydrogen) atoms. The Morgan fingerprint density at radius 3 is 2.45 bits per heavy atom. The number of hydrogen-bond donors (Lipinski definition) is 2. The van der Waals surface area contributed by atoms with Crippen molar-refractivity contribution in [3.05, 3.63) is 65.4 Å². The summed E-state index contributed by atoms with van der Waals surface area (Å²) in [4.78, 5) is 20.8. The number of fused-ring (bicyclic) bond motifs is 4. The van der Waals surface area contributed by atoms with Gasteiger partial charge in [-0.1, -0.05) is 30.3 Å². The van der Waals surface area contributed by atoms with Gasteiger partial charge in [0.25, 0.3) is 0 Å². The average Bonchev–Trinajstić information content (AvgIpc) is 3.52. The first-order chi connectivity index (χ1) is 18.2. The van der Waals surface area contributed by atoms with Gasteiger partial charge in [-0.3, -0.25) is 4.90 Å². The highest BCUT2D eigenvalue weighted by atomic mass is 16.6. The van der Waals surface area contributed by atoms with Crippen LogP contribution in [0.4, 0.5) is 10.5 Å². The number of amides is 1. The zero-order valence-electron chi connectivity index (χ0n) is 23.0. The Hall–Kier alpha value is -2.99. The minimum absolute atomic E-state index is 0.226. The van der Waals surface area contributed by atoms with Gasteiger partial charge in [-0.25, -0.2) is 4.79 Å². The molecule has 1 saturated heterocycles. The summed E-state index contributed by atoms with van der Waals surface area (Å²) in [6.45, 7) is 9.51. The molecule has 200 valence electrons. The number of rotatable bonds is 4. The van der Waals surface area contributed by atoms with E-state index in [-0.39, 0.29) is 18.2 Å². The third-order valence-corrected chi connectivity index (χ3v) is 9.33. The lowest BCUT2D eigenvalue weighted by Gasteiger charge is -2.46. The van der Waals surface area contributed by atoms with Gasteiger partial charge in [0.1, 0.15) is 5.60 Å². The molecule has 8 rings (SSSR count). The predicted octanol–water partition coefficient (Wildman–Crippen LogP) is 6.33. The Bertz CT molecular complexity index is 1340. The number of ether oxygens (including phenoxy) is 1. The van der Waals surface area contributed by atoms with E-state index in [1.807, 2.05) is 20.8 Å². The standard InChI is InChI=1S/C32H40N4O2/c1-19-13-26-25-7-5-6-8-27(25)34-29(26)30(36(19)28-16-20-14-22(28)15-20)21-9-11-23(12-10-21)33-24-17-35(18-24)31(37)38-32(2,3)4/h5-12,19-20,22,24,28,30,33-34H,13-18H2,1-4H3/t19-,20?,22?,28?,30-/m1/s1. The molecular weight excluding hydrogens is 472 g/mol. The van der Waals surface area contributed by atoms with Gasteiger partial charge in [0.05, 0.1) is 12.1 Å². The summed E-state index contributed by atoms with van der Waals surface area (Å²) in [5.41, 5.74) is 6.16. The van der Waals surface area contributed by atoms with Crippen LogP contribution in [0.1, 0.15) is 69.8 Å². The van der Waals surface area contributed by atoms with Crippen molar-refractivity contribution in [2.75, 3.05) is 18.4 Å².